The molecule has 0 saturated heterocycles. The Bertz CT molecular complexity index is 524. The summed E-state index contributed by atoms with van der Waals surface area (Å²) in [6.07, 6.45) is 4.97. The first-order valence-electron chi connectivity index (χ1n) is 6.24. The maximum atomic E-state index is 14.2. The molecule has 5 heteroatoms. The van der Waals surface area contributed by atoms with Crippen LogP contribution in [0.1, 0.15) is 18.5 Å². The molecule has 0 fully saturated rings. The van der Waals surface area contributed by atoms with E-state index in [0.717, 1.165) is 5.56 Å². The molecule has 0 amide bonds. The molecule has 4 nitrogen and oxygen atoms in total. The Labute approximate surface area is 112 Å². The summed E-state index contributed by atoms with van der Waals surface area (Å²) < 4.78 is 14.2. The number of nitrogen functional groups attached to an aromatic ring is 1. The Balaban J connectivity index is 2.48. The van der Waals surface area contributed by atoms with Gasteiger partial charge in [-0.2, -0.15) is 0 Å². The van der Waals surface area contributed by atoms with Gasteiger partial charge in [-0.25, -0.2) is 9.37 Å². The summed E-state index contributed by atoms with van der Waals surface area (Å²) in [6.45, 7) is 2.02. The Morgan fingerprint density at radius 1 is 1.53 bits per heavy atom. The summed E-state index contributed by atoms with van der Waals surface area (Å²) in [6, 6.07) is 3.49. The Morgan fingerprint density at radius 2 is 2.26 bits per heavy atom. The van der Waals surface area contributed by atoms with Gasteiger partial charge >= 0.3 is 0 Å². The number of pyridine rings is 1. The second-order valence-electron chi connectivity index (χ2n) is 4.64. The summed E-state index contributed by atoms with van der Waals surface area (Å²) in [5.41, 5.74) is 7.26. The van der Waals surface area contributed by atoms with Crippen LogP contribution in [-0.2, 0) is 0 Å². The summed E-state index contributed by atoms with van der Waals surface area (Å²) >= 11 is 0. The topological polar surface area (TPSA) is 54.2 Å². The predicted molar refractivity (Wildman–Crippen MR) is 74.9 cm³/mol. The van der Waals surface area contributed by atoms with Crippen LogP contribution < -0.4 is 11.1 Å². The summed E-state index contributed by atoms with van der Waals surface area (Å²) in [4.78, 5) is 5.97. The molecule has 1 aliphatic heterocycles. The standard InChI is InChI=1S/C14H19FN4/c1-9-6-7-11(15)13(19(9)3)12(17-2)10-5-4-8-18-14(10)16/h4-9,12,17H,1-3H3,(H2,16,18). The molecule has 2 heterocycles. The van der Waals surface area contributed by atoms with Crippen LogP contribution in [0.25, 0.3) is 0 Å². The Hall–Kier alpha value is -1.88. The molecule has 1 aromatic rings. The van der Waals surface area contributed by atoms with Gasteiger partial charge < -0.3 is 16.0 Å². The van der Waals surface area contributed by atoms with Crippen LogP contribution in [0.15, 0.2) is 42.0 Å². The Morgan fingerprint density at radius 3 is 2.89 bits per heavy atom. The van der Waals surface area contributed by atoms with Gasteiger partial charge in [0.2, 0.25) is 0 Å². The fourth-order valence-corrected chi connectivity index (χ4v) is 2.28. The molecule has 2 rings (SSSR count). The molecule has 0 aliphatic carbocycles. The van der Waals surface area contributed by atoms with Gasteiger partial charge in [0.15, 0.2) is 0 Å². The van der Waals surface area contributed by atoms with Crippen molar-refractivity contribution in [2.24, 2.45) is 0 Å². The average Bonchev–Trinajstić information content (AvgIpc) is 2.40. The van der Waals surface area contributed by atoms with Crippen molar-refractivity contribution in [2.45, 2.75) is 19.0 Å². The highest BCUT2D eigenvalue weighted by atomic mass is 19.1. The maximum Gasteiger partial charge on any atom is 0.144 e. The van der Waals surface area contributed by atoms with Gasteiger partial charge in [-0.15, -0.1) is 0 Å². The molecule has 2 atom stereocenters. The number of nitrogens with zero attached hydrogens (tertiary/aromatic N) is 2. The lowest BCUT2D eigenvalue weighted by atomic mass is 9.99. The molecule has 2 unspecified atom stereocenters. The predicted octanol–water partition coefficient (Wildman–Crippen LogP) is 2.00. The molecule has 3 N–H and O–H groups in total. The number of rotatable bonds is 3. The Kier molecular flexibility index (Phi) is 3.85. The van der Waals surface area contributed by atoms with E-state index in [1.807, 2.05) is 31.0 Å². The number of halogens is 1. The summed E-state index contributed by atoms with van der Waals surface area (Å²) in [5.74, 6) is 0.168. The van der Waals surface area contributed by atoms with Gasteiger partial charge in [-0.1, -0.05) is 12.1 Å². The van der Waals surface area contributed by atoms with Crippen molar-refractivity contribution in [3.8, 4) is 0 Å². The second-order valence-corrected chi connectivity index (χ2v) is 4.64. The van der Waals surface area contributed by atoms with Crippen LogP contribution >= 0.6 is 0 Å². The van der Waals surface area contributed by atoms with Gasteiger partial charge in [-0.3, -0.25) is 0 Å². The van der Waals surface area contributed by atoms with Crippen LogP contribution in [-0.4, -0.2) is 30.0 Å². The lowest BCUT2D eigenvalue weighted by molar-refractivity contribution is 0.314. The zero-order valence-corrected chi connectivity index (χ0v) is 11.4. The highest BCUT2D eigenvalue weighted by molar-refractivity contribution is 5.46. The molecule has 0 spiro atoms. The molecule has 0 radical (unpaired) electrons. The van der Waals surface area contributed by atoms with Crippen molar-refractivity contribution in [3.63, 3.8) is 0 Å². The molecule has 0 saturated carbocycles. The van der Waals surface area contributed by atoms with Gasteiger partial charge in [0.1, 0.15) is 11.6 Å². The van der Waals surface area contributed by atoms with E-state index in [9.17, 15) is 4.39 Å². The van der Waals surface area contributed by atoms with Crippen molar-refractivity contribution in [2.75, 3.05) is 19.8 Å². The zero-order chi connectivity index (χ0) is 14.0. The lowest BCUT2D eigenvalue weighted by Gasteiger charge is -2.35. The number of likely N-dealkylation sites (N-methyl/N-ethyl adjacent to an activating group) is 2. The van der Waals surface area contributed by atoms with E-state index in [2.05, 4.69) is 10.3 Å². The third kappa shape index (κ3) is 2.46. The average molecular weight is 262 g/mol. The first-order valence-corrected chi connectivity index (χ1v) is 6.24. The third-order valence-corrected chi connectivity index (χ3v) is 3.50. The molecule has 0 bridgehead atoms. The van der Waals surface area contributed by atoms with Gasteiger partial charge in [-0.05, 0) is 26.1 Å². The van der Waals surface area contributed by atoms with Gasteiger partial charge in [0, 0.05) is 24.8 Å². The highest BCUT2D eigenvalue weighted by Crippen LogP contribution is 2.33. The number of nitrogens with one attached hydrogen (secondary N) is 1. The van der Waals surface area contributed by atoms with E-state index >= 15 is 0 Å². The molecule has 102 valence electrons. The van der Waals surface area contributed by atoms with Gasteiger partial charge in [0.25, 0.3) is 0 Å². The van der Waals surface area contributed by atoms with E-state index in [0.29, 0.717) is 11.5 Å². The van der Waals surface area contributed by atoms with Crippen LogP contribution in [0, 0.1) is 0 Å². The van der Waals surface area contributed by atoms with E-state index in [1.165, 1.54) is 6.08 Å². The molecular weight excluding hydrogens is 243 g/mol. The van der Waals surface area contributed by atoms with E-state index in [4.69, 9.17) is 5.73 Å². The monoisotopic (exact) mass is 262 g/mol. The SMILES string of the molecule is CNC(C1=C(F)C=CC(C)N1C)c1cccnc1N. The molecule has 1 aromatic heterocycles. The first kappa shape index (κ1) is 13.5. The van der Waals surface area contributed by atoms with E-state index < -0.39 is 0 Å². The summed E-state index contributed by atoms with van der Waals surface area (Å²) in [7, 11) is 3.66. The number of nitrogens with two attached hydrogens (primary N) is 1. The number of allylic oxidation sites excluding steroid dienone is 2. The number of hydrogen-bond donors (Lipinski definition) is 2. The minimum absolute atomic E-state index is 0.142. The van der Waals surface area contributed by atoms with Gasteiger partial charge in [0.05, 0.1) is 11.7 Å². The van der Waals surface area contributed by atoms with Crippen molar-refractivity contribution in [1.82, 2.24) is 15.2 Å². The zero-order valence-electron chi connectivity index (χ0n) is 11.4. The fourth-order valence-electron chi connectivity index (χ4n) is 2.28. The van der Waals surface area contributed by atoms with Crippen molar-refractivity contribution in [1.29, 1.82) is 0 Å². The smallest absolute Gasteiger partial charge is 0.144 e. The number of anilines is 1. The minimum atomic E-state index is -0.314. The van der Waals surface area contributed by atoms with Crippen molar-refractivity contribution in [3.05, 3.63) is 47.6 Å². The normalized spacial score (nSPS) is 20.8. The third-order valence-electron chi connectivity index (χ3n) is 3.50. The van der Waals surface area contributed by atoms with E-state index in [1.54, 1.807) is 19.3 Å². The van der Waals surface area contributed by atoms with Crippen LogP contribution in [0.5, 0.6) is 0 Å². The molecule has 0 aromatic carbocycles. The molecule has 1 aliphatic rings. The highest BCUT2D eigenvalue weighted by Gasteiger charge is 2.28. The van der Waals surface area contributed by atoms with Crippen LogP contribution in [0.2, 0.25) is 0 Å². The van der Waals surface area contributed by atoms with Crippen molar-refractivity contribution < 1.29 is 4.39 Å². The van der Waals surface area contributed by atoms with Crippen LogP contribution in [0.4, 0.5) is 10.2 Å². The fraction of sp³-hybridized carbons (Fsp3) is 0.357. The molecular formula is C14H19FN4. The first-order chi connectivity index (χ1) is 9.06. The lowest BCUT2D eigenvalue weighted by Crippen LogP contribution is -2.36. The van der Waals surface area contributed by atoms with Crippen molar-refractivity contribution >= 4 is 5.82 Å². The van der Waals surface area contributed by atoms with Crippen LogP contribution in [0.3, 0.4) is 0 Å². The maximum absolute atomic E-state index is 14.2. The molecule has 19 heavy (non-hydrogen) atoms. The van der Waals surface area contributed by atoms with E-state index in [-0.39, 0.29) is 17.9 Å². The minimum Gasteiger partial charge on any atom is -0.383 e. The number of hydrogen-bond acceptors (Lipinski definition) is 4. The quantitative estimate of drug-likeness (QED) is 0.874. The largest absolute Gasteiger partial charge is 0.383 e. The second kappa shape index (κ2) is 5.40. The summed E-state index contributed by atoms with van der Waals surface area (Å²) in [5, 5.41) is 3.12. The number of aromatic nitrogens is 1.